The Morgan fingerprint density at radius 3 is 2.69 bits per heavy atom. The smallest absolute Gasteiger partial charge is 0.298 e. The first kappa shape index (κ1) is 10.4. The second-order valence-corrected chi connectivity index (χ2v) is 3.18. The van der Waals surface area contributed by atoms with E-state index in [2.05, 4.69) is 0 Å². The quantitative estimate of drug-likeness (QED) is 0.848. The molecule has 1 atom stereocenters. The number of allylic oxidation sites excluding steroid dienone is 2. The van der Waals surface area contributed by atoms with Crippen LogP contribution in [0.3, 0.4) is 0 Å². The third kappa shape index (κ3) is 2.28. The molecule has 4 heteroatoms. The second-order valence-electron chi connectivity index (χ2n) is 3.18. The summed E-state index contributed by atoms with van der Waals surface area (Å²) >= 11 is 0. The highest BCUT2D eigenvalue weighted by atomic mass is 16.7. The van der Waals surface area contributed by atoms with E-state index in [1.165, 1.54) is 6.26 Å². The average molecular weight is 220 g/mol. The van der Waals surface area contributed by atoms with Gasteiger partial charge >= 0.3 is 0 Å². The lowest BCUT2D eigenvalue weighted by atomic mass is 10.3. The van der Waals surface area contributed by atoms with E-state index in [-0.39, 0.29) is 5.75 Å². The van der Waals surface area contributed by atoms with Crippen molar-refractivity contribution in [2.75, 3.05) is 7.11 Å². The van der Waals surface area contributed by atoms with Crippen LogP contribution in [0.1, 0.15) is 0 Å². The predicted molar refractivity (Wildman–Crippen MR) is 57.8 cm³/mol. The zero-order valence-electron chi connectivity index (χ0n) is 8.79. The Bertz CT molecular complexity index is 406. The molecule has 0 saturated heterocycles. The third-order valence-electron chi connectivity index (χ3n) is 2.09. The van der Waals surface area contributed by atoms with Gasteiger partial charge in [-0.3, -0.25) is 0 Å². The zero-order valence-corrected chi connectivity index (χ0v) is 8.79. The van der Waals surface area contributed by atoms with Crippen LogP contribution in [0.4, 0.5) is 0 Å². The molecule has 84 valence electrons. The molecule has 0 spiro atoms. The lowest BCUT2D eigenvalue weighted by molar-refractivity contribution is -0.0380. The van der Waals surface area contributed by atoms with Crippen molar-refractivity contribution in [2.45, 2.75) is 6.29 Å². The van der Waals surface area contributed by atoms with E-state index in [0.29, 0.717) is 11.5 Å². The highest BCUT2D eigenvalue weighted by Gasteiger charge is 2.19. The van der Waals surface area contributed by atoms with Crippen LogP contribution < -0.4 is 4.74 Å². The molecule has 1 unspecified atom stereocenters. The van der Waals surface area contributed by atoms with Crippen LogP contribution in [0, 0.1) is 0 Å². The minimum Gasteiger partial charge on any atom is -0.508 e. The first-order valence-corrected chi connectivity index (χ1v) is 4.81. The van der Waals surface area contributed by atoms with Crippen LogP contribution in [-0.2, 0) is 9.47 Å². The maximum Gasteiger partial charge on any atom is 0.298 e. The first-order valence-electron chi connectivity index (χ1n) is 4.81. The van der Waals surface area contributed by atoms with Gasteiger partial charge in [-0.2, -0.15) is 0 Å². The lowest BCUT2D eigenvalue weighted by Crippen LogP contribution is -2.23. The van der Waals surface area contributed by atoms with Crippen LogP contribution in [0.5, 0.6) is 11.5 Å². The first-order chi connectivity index (χ1) is 7.79. The molecule has 2 rings (SSSR count). The van der Waals surface area contributed by atoms with Crippen molar-refractivity contribution in [3.8, 4) is 11.5 Å². The lowest BCUT2D eigenvalue weighted by Gasteiger charge is -2.21. The van der Waals surface area contributed by atoms with Gasteiger partial charge in [0.1, 0.15) is 11.5 Å². The maximum atomic E-state index is 9.13. The van der Waals surface area contributed by atoms with Crippen molar-refractivity contribution in [1.29, 1.82) is 0 Å². The fourth-order valence-electron chi connectivity index (χ4n) is 1.29. The van der Waals surface area contributed by atoms with Crippen molar-refractivity contribution < 1.29 is 19.3 Å². The highest BCUT2D eigenvalue weighted by molar-refractivity contribution is 5.30. The molecule has 0 aliphatic carbocycles. The third-order valence-corrected chi connectivity index (χ3v) is 2.09. The zero-order chi connectivity index (χ0) is 11.4. The Hall–Kier alpha value is -2.10. The van der Waals surface area contributed by atoms with Crippen LogP contribution in [-0.4, -0.2) is 18.5 Å². The molecule has 16 heavy (non-hydrogen) atoms. The monoisotopic (exact) mass is 220 g/mol. The highest BCUT2D eigenvalue weighted by Crippen LogP contribution is 2.21. The van der Waals surface area contributed by atoms with Crippen LogP contribution in [0.25, 0.3) is 0 Å². The Balaban J connectivity index is 2.07. The molecule has 0 fully saturated rings. The van der Waals surface area contributed by atoms with Crippen LogP contribution in [0.2, 0.25) is 0 Å². The van der Waals surface area contributed by atoms with Gasteiger partial charge < -0.3 is 19.3 Å². The van der Waals surface area contributed by atoms with E-state index in [9.17, 15) is 0 Å². The molecule has 0 saturated carbocycles. The Morgan fingerprint density at radius 2 is 2.00 bits per heavy atom. The fourth-order valence-corrected chi connectivity index (χ4v) is 1.29. The molecular weight excluding hydrogens is 208 g/mol. The molecule has 0 amide bonds. The second kappa shape index (κ2) is 4.61. The van der Waals surface area contributed by atoms with Gasteiger partial charge in [0, 0.05) is 0 Å². The average Bonchev–Trinajstić information content (AvgIpc) is 2.33. The standard InChI is InChI=1S/C12H12O4/c1-14-11-3-2-8-15-12(11)16-10-6-4-9(13)5-7-10/h2-8,12-13H,1H3. The van der Waals surface area contributed by atoms with Crippen molar-refractivity contribution in [3.63, 3.8) is 0 Å². The molecule has 0 radical (unpaired) electrons. The molecule has 1 aliphatic rings. The topological polar surface area (TPSA) is 47.9 Å². The van der Waals surface area contributed by atoms with Crippen molar-refractivity contribution in [3.05, 3.63) is 48.4 Å². The van der Waals surface area contributed by atoms with Crippen molar-refractivity contribution in [2.24, 2.45) is 0 Å². The molecule has 1 aromatic rings. The van der Waals surface area contributed by atoms with E-state index in [4.69, 9.17) is 19.3 Å². The summed E-state index contributed by atoms with van der Waals surface area (Å²) in [6.07, 6.45) is 4.46. The van der Waals surface area contributed by atoms with Gasteiger partial charge in [0.25, 0.3) is 6.29 Å². The number of hydrogen-bond acceptors (Lipinski definition) is 4. The summed E-state index contributed by atoms with van der Waals surface area (Å²) in [5, 5.41) is 9.13. The summed E-state index contributed by atoms with van der Waals surface area (Å²) in [6.45, 7) is 0. The SMILES string of the molecule is COC1=CC=COC1Oc1ccc(O)cc1. The summed E-state index contributed by atoms with van der Waals surface area (Å²) in [5.74, 6) is 1.39. The van der Waals surface area contributed by atoms with E-state index in [0.717, 1.165) is 0 Å². The van der Waals surface area contributed by atoms with Crippen LogP contribution >= 0.6 is 0 Å². The molecular formula is C12H12O4. The minimum atomic E-state index is -0.584. The largest absolute Gasteiger partial charge is 0.508 e. The van der Waals surface area contributed by atoms with Gasteiger partial charge in [-0.05, 0) is 36.4 Å². The van der Waals surface area contributed by atoms with Gasteiger partial charge in [-0.1, -0.05) is 0 Å². The maximum absolute atomic E-state index is 9.13. The molecule has 1 N–H and O–H groups in total. The van der Waals surface area contributed by atoms with Gasteiger partial charge in [-0.15, -0.1) is 0 Å². The number of benzene rings is 1. The number of phenols is 1. The summed E-state index contributed by atoms with van der Waals surface area (Å²) in [6, 6.07) is 6.41. The van der Waals surface area contributed by atoms with E-state index >= 15 is 0 Å². The van der Waals surface area contributed by atoms with Gasteiger partial charge in [0.05, 0.1) is 13.4 Å². The molecule has 1 aromatic carbocycles. The summed E-state index contributed by atoms with van der Waals surface area (Å²) in [4.78, 5) is 0. The van der Waals surface area contributed by atoms with Crippen LogP contribution in [0.15, 0.2) is 48.4 Å². The molecule has 1 heterocycles. The minimum absolute atomic E-state index is 0.194. The summed E-state index contributed by atoms with van der Waals surface area (Å²) < 4.78 is 15.9. The molecule has 4 nitrogen and oxygen atoms in total. The van der Waals surface area contributed by atoms with E-state index in [1.807, 2.05) is 0 Å². The number of phenolic OH excluding ortho intramolecular Hbond substituents is 1. The van der Waals surface area contributed by atoms with Crippen molar-refractivity contribution in [1.82, 2.24) is 0 Å². The normalized spacial score (nSPS) is 18.6. The Kier molecular flexibility index (Phi) is 3.00. The van der Waals surface area contributed by atoms with Gasteiger partial charge in [-0.25, -0.2) is 0 Å². The number of hydrogen-bond donors (Lipinski definition) is 1. The van der Waals surface area contributed by atoms with Gasteiger partial charge in [0.2, 0.25) is 0 Å². The number of rotatable bonds is 3. The fraction of sp³-hybridized carbons (Fsp3) is 0.167. The van der Waals surface area contributed by atoms with E-state index < -0.39 is 6.29 Å². The molecule has 0 bridgehead atoms. The number of methoxy groups -OCH3 is 1. The van der Waals surface area contributed by atoms with Gasteiger partial charge in [0.15, 0.2) is 5.76 Å². The van der Waals surface area contributed by atoms with Crippen molar-refractivity contribution >= 4 is 0 Å². The Labute approximate surface area is 93.4 Å². The van der Waals surface area contributed by atoms with E-state index in [1.54, 1.807) is 43.5 Å². The predicted octanol–water partition coefficient (Wildman–Crippen LogP) is 2.17. The molecule has 0 aromatic heterocycles. The summed E-state index contributed by atoms with van der Waals surface area (Å²) in [7, 11) is 1.56. The summed E-state index contributed by atoms with van der Waals surface area (Å²) in [5.41, 5.74) is 0. The Morgan fingerprint density at radius 1 is 1.25 bits per heavy atom. The number of ether oxygens (including phenoxy) is 3. The number of aromatic hydroxyl groups is 1. The molecule has 1 aliphatic heterocycles.